The average molecular weight is 349 g/mol. The summed E-state index contributed by atoms with van der Waals surface area (Å²) in [4.78, 5) is 0.264. The Morgan fingerprint density at radius 2 is 1.95 bits per heavy atom. The molecule has 1 unspecified atom stereocenters. The molecule has 124 valence electrons. The number of fused-ring (bicyclic) bond motifs is 1. The number of benzene rings is 1. The molecule has 1 aromatic rings. The molecule has 1 N–H and O–H groups in total. The predicted molar refractivity (Wildman–Crippen MR) is 85.5 cm³/mol. The number of hydrogen-bond donors (Lipinski definition) is 1. The van der Waals surface area contributed by atoms with Crippen LogP contribution in [-0.4, -0.2) is 51.6 Å². The lowest BCUT2D eigenvalue weighted by Gasteiger charge is -2.32. The first kappa shape index (κ1) is 17.3. The summed E-state index contributed by atoms with van der Waals surface area (Å²) in [6.45, 7) is 4.87. The van der Waals surface area contributed by atoms with Crippen molar-refractivity contribution in [3.05, 3.63) is 18.2 Å². The first-order chi connectivity index (χ1) is 10.1. The molecule has 0 bridgehead atoms. The Balaban J connectivity index is 0.00000176. The zero-order chi connectivity index (χ0) is 14.9. The van der Waals surface area contributed by atoms with Crippen LogP contribution in [0.5, 0.6) is 11.5 Å². The smallest absolute Gasteiger partial charge is 0.243 e. The number of halogens is 1. The van der Waals surface area contributed by atoms with Crippen LogP contribution >= 0.6 is 12.4 Å². The van der Waals surface area contributed by atoms with Crippen LogP contribution < -0.4 is 14.8 Å². The highest BCUT2D eigenvalue weighted by atomic mass is 35.5. The molecular weight excluding hydrogens is 328 g/mol. The summed E-state index contributed by atoms with van der Waals surface area (Å²) in [6, 6.07) is 4.79. The fourth-order valence-corrected chi connectivity index (χ4v) is 4.27. The van der Waals surface area contributed by atoms with Crippen molar-refractivity contribution in [1.82, 2.24) is 9.62 Å². The van der Waals surface area contributed by atoms with Crippen LogP contribution in [0.15, 0.2) is 23.1 Å². The number of nitrogens with zero attached hydrogens (tertiary/aromatic N) is 1. The Morgan fingerprint density at radius 1 is 1.23 bits per heavy atom. The summed E-state index contributed by atoms with van der Waals surface area (Å²) in [7, 11) is -3.50. The Bertz CT molecular complexity index is 623. The molecule has 3 rings (SSSR count). The molecule has 1 fully saturated rings. The number of rotatable bonds is 2. The summed E-state index contributed by atoms with van der Waals surface area (Å²) < 4.78 is 38.2. The lowest BCUT2D eigenvalue weighted by atomic mass is 10.3. The van der Waals surface area contributed by atoms with Crippen molar-refractivity contribution >= 4 is 22.4 Å². The van der Waals surface area contributed by atoms with Crippen molar-refractivity contribution < 1.29 is 17.9 Å². The molecule has 2 aliphatic heterocycles. The standard InChI is InChI=1S/C14H20N2O4S.ClH/c1-11-10-15-5-6-16(11)21(17,18)12-3-4-13-14(9-12)20-8-2-7-19-13;/h3-4,9,11,15H,2,5-8,10H2,1H3;1H. The predicted octanol–water partition coefficient (Wildman–Crippen LogP) is 1.25. The Kier molecular flexibility index (Phi) is 5.55. The molecule has 1 aromatic carbocycles. The molecule has 22 heavy (non-hydrogen) atoms. The van der Waals surface area contributed by atoms with Crippen LogP contribution in [0.2, 0.25) is 0 Å². The largest absolute Gasteiger partial charge is 0.490 e. The van der Waals surface area contributed by atoms with Crippen molar-refractivity contribution in [2.45, 2.75) is 24.3 Å². The molecule has 1 atom stereocenters. The van der Waals surface area contributed by atoms with Gasteiger partial charge in [-0.25, -0.2) is 8.42 Å². The summed E-state index contributed by atoms with van der Waals surface area (Å²) in [5, 5.41) is 3.20. The van der Waals surface area contributed by atoms with Gasteiger partial charge in [0.05, 0.1) is 18.1 Å². The minimum atomic E-state index is -3.50. The van der Waals surface area contributed by atoms with Crippen molar-refractivity contribution in [3.63, 3.8) is 0 Å². The van der Waals surface area contributed by atoms with E-state index in [0.29, 0.717) is 44.3 Å². The fraction of sp³-hybridized carbons (Fsp3) is 0.571. The minimum Gasteiger partial charge on any atom is -0.490 e. The third-order valence-electron chi connectivity index (χ3n) is 3.77. The number of nitrogens with one attached hydrogen (secondary N) is 1. The number of piperazine rings is 1. The fourth-order valence-electron chi connectivity index (χ4n) is 2.62. The van der Waals surface area contributed by atoms with Crippen LogP contribution in [-0.2, 0) is 10.0 Å². The Labute approximate surface area is 137 Å². The molecular formula is C14H21ClN2O4S. The van der Waals surface area contributed by atoms with Gasteiger partial charge < -0.3 is 14.8 Å². The SMILES string of the molecule is CC1CNCCN1S(=O)(=O)c1ccc2c(c1)OCCCO2.Cl. The van der Waals surface area contributed by atoms with Crippen molar-refractivity contribution in [2.24, 2.45) is 0 Å². The maximum atomic E-state index is 12.8. The van der Waals surface area contributed by atoms with E-state index in [0.717, 1.165) is 6.42 Å². The molecule has 1 saturated heterocycles. The molecule has 2 heterocycles. The second-order valence-corrected chi connectivity index (χ2v) is 7.22. The molecule has 8 heteroatoms. The van der Waals surface area contributed by atoms with E-state index in [9.17, 15) is 8.42 Å². The number of sulfonamides is 1. The lowest BCUT2D eigenvalue weighted by molar-refractivity contribution is 0.283. The van der Waals surface area contributed by atoms with E-state index in [-0.39, 0.29) is 23.3 Å². The van der Waals surface area contributed by atoms with Crippen LogP contribution in [0.3, 0.4) is 0 Å². The van der Waals surface area contributed by atoms with Crippen LogP contribution in [0.25, 0.3) is 0 Å². The van der Waals surface area contributed by atoms with Gasteiger partial charge in [0, 0.05) is 38.2 Å². The third-order valence-corrected chi connectivity index (χ3v) is 5.78. The molecule has 6 nitrogen and oxygen atoms in total. The summed E-state index contributed by atoms with van der Waals surface area (Å²) in [5.41, 5.74) is 0. The number of ether oxygens (including phenoxy) is 2. The van der Waals surface area contributed by atoms with Gasteiger partial charge >= 0.3 is 0 Å². The monoisotopic (exact) mass is 348 g/mol. The van der Waals surface area contributed by atoms with Gasteiger partial charge in [-0.15, -0.1) is 12.4 Å². The van der Waals surface area contributed by atoms with E-state index in [1.54, 1.807) is 22.5 Å². The van der Waals surface area contributed by atoms with Gasteiger partial charge in [-0.1, -0.05) is 0 Å². The second kappa shape index (κ2) is 7.04. The van der Waals surface area contributed by atoms with E-state index < -0.39 is 10.0 Å². The van der Waals surface area contributed by atoms with Gasteiger partial charge in [0.1, 0.15) is 0 Å². The van der Waals surface area contributed by atoms with E-state index in [4.69, 9.17) is 9.47 Å². The summed E-state index contributed by atoms with van der Waals surface area (Å²) >= 11 is 0. The van der Waals surface area contributed by atoms with Crippen molar-refractivity contribution in [1.29, 1.82) is 0 Å². The molecule has 0 radical (unpaired) electrons. The number of hydrogen-bond acceptors (Lipinski definition) is 5. The maximum Gasteiger partial charge on any atom is 0.243 e. The van der Waals surface area contributed by atoms with E-state index in [1.807, 2.05) is 6.92 Å². The van der Waals surface area contributed by atoms with Gasteiger partial charge in [-0.2, -0.15) is 4.31 Å². The Morgan fingerprint density at radius 3 is 2.68 bits per heavy atom. The summed E-state index contributed by atoms with van der Waals surface area (Å²) in [6.07, 6.45) is 0.797. The van der Waals surface area contributed by atoms with Gasteiger partial charge in [-0.3, -0.25) is 0 Å². The van der Waals surface area contributed by atoms with E-state index in [2.05, 4.69) is 5.32 Å². The average Bonchev–Trinajstić information content (AvgIpc) is 2.72. The van der Waals surface area contributed by atoms with Crippen molar-refractivity contribution in [2.75, 3.05) is 32.8 Å². The third kappa shape index (κ3) is 3.32. The van der Waals surface area contributed by atoms with Gasteiger partial charge in [0.15, 0.2) is 11.5 Å². The normalized spacial score (nSPS) is 22.5. The van der Waals surface area contributed by atoms with Crippen LogP contribution in [0, 0.1) is 0 Å². The van der Waals surface area contributed by atoms with Crippen LogP contribution in [0.1, 0.15) is 13.3 Å². The molecule has 0 aromatic heterocycles. The van der Waals surface area contributed by atoms with Crippen LogP contribution in [0.4, 0.5) is 0 Å². The first-order valence-electron chi connectivity index (χ1n) is 7.21. The quantitative estimate of drug-likeness (QED) is 0.871. The Hall–Kier alpha value is -1.02. The molecule has 0 spiro atoms. The lowest BCUT2D eigenvalue weighted by Crippen LogP contribution is -2.52. The first-order valence-corrected chi connectivity index (χ1v) is 8.65. The van der Waals surface area contributed by atoms with E-state index >= 15 is 0 Å². The summed E-state index contributed by atoms with van der Waals surface area (Å²) in [5.74, 6) is 1.12. The second-order valence-electron chi connectivity index (χ2n) is 5.33. The highest BCUT2D eigenvalue weighted by Crippen LogP contribution is 2.33. The molecule has 2 aliphatic rings. The zero-order valence-corrected chi connectivity index (χ0v) is 14.1. The van der Waals surface area contributed by atoms with Crippen molar-refractivity contribution in [3.8, 4) is 11.5 Å². The van der Waals surface area contributed by atoms with Gasteiger partial charge in [0.2, 0.25) is 10.0 Å². The molecule has 0 amide bonds. The topological polar surface area (TPSA) is 67.9 Å². The molecule has 0 aliphatic carbocycles. The van der Waals surface area contributed by atoms with Gasteiger partial charge in [-0.05, 0) is 19.1 Å². The highest BCUT2D eigenvalue weighted by Gasteiger charge is 2.31. The molecule has 0 saturated carbocycles. The zero-order valence-electron chi connectivity index (χ0n) is 12.4. The van der Waals surface area contributed by atoms with Gasteiger partial charge in [0.25, 0.3) is 0 Å². The van der Waals surface area contributed by atoms with E-state index in [1.165, 1.54) is 0 Å². The maximum absolute atomic E-state index is 12.8. The highest BCUT2D eigenvalue weighted by molar-refractivity contribution is 7.89. The minimum absolute atomic E-state index is 0.